The normalized spacial score (nSPS) is 14.4. The monoisotopic (exact) mass is 506 g/mol. The molecule has 1 amide bonds. The van der Waals surface area contributed by atoms with Crippen LogP contribution in [0.5, 0.6) is 0 Å². The highest BCUT2D eigenvalue weighted by Crippen LogP contribution is 2.24. The second-order valence-corrected chi connectivity index (χ2v) is 9.92. The highest BCUT2D eigenvalue weighted by molar-refractivity contribution is 7.15. The summed E-state index contributed by atoms with van der Waals surface area (Å²) in [6.45, 7) is 5.58. The Morgan fingerprint density at radius 3 is 2.58 bits per heavy atom. The molecule has 36 heavy (non-hydrogen) atoms. The number of aryl methyl sites for hydroxylation is 1. The molecular weight excluding hydrogens is 475 g/mol. The highest BCUT2D eigenvalue weighted by Gasteiger charge is 2.18. The molecule has 1 aliphatic heterocycles. The lowest BCUT2D eigenvalue weighted by Crippen LogP contribution is -2.43. The summed E-state index contributed by atoms with van der Waals surface area (Å²) in [4.78, 5) is 23.3. The molecule has 1 fully saturated rings. The van der Waals surface area contributed by atoms with Crippen LogP contribution in [0.3, 0.4) is 0 Å². The zero-order valence-electron chi connectivity index (χ0n) is 20.3. The summed E-state index contributed by atoms with van der Waals surface area (Å²) in [6, 6.07) is 16.6. The number of hydrogen-bond donors (Lipinski definition) is 0. The molecule has 3 heterocycles. The van der Waals surface area contributed by atoms with Gasteiger partial charge in [0.2, 0.25) is 5.91 Å². The molecule has 6 nitrogen and oxygen atoms in total. The van der Waals surface area contributed by atoms with Crippen molar-refractivity contribution in [3.8, 4) is 11.3 Å². The number of rotatable bonds is 10. The predicted molar refractivity (Wildman–Crippen MR) is 141 cm³/mol. The van der Waals surface area contributed by atoms with Crippen molar-refractivity contribution in [1.29, 1.82) is 0 Å². The van der Waals surface area contributed by atoms with Gasteiger partial charge in [-0.25, -0.2) is 9.37 Å². The van der Waals surface area contributed by atoms with E-state index in [0.717, 1.165) is 67.6 Å². The van der Waals surface area contributed by atoms with Crippen molar-refractivity contribution < 1.29 is 13.9 Å². The lowest BCUT2D eigenvalue weighted by Gasteiger charge is -2.30. The van der Waals surface area contributed by atoms with Crippen molar-refractivity contribution in [3.05, 3.63) is 83.2 Å². The van der Waals surface area contributed by atoms with Gasteiger partial charge < -0.3 is 9.64 Å². The summed E-state index contributed by atoms with van der Waals surface area (Å²) >= 11 is 1.59. The van der Waals surface area contributed by atoms with Crippen molar-refractivity contribution in [2.24, 2.45) is 0 Å². The summed E-state index contributed by atoms with van der Waals surface area (Å²) in [5.74, 6) is -0.0641. The van der Waals surface area contributed by atoms with Gasteiger partial charge in [-0.3, -0.25) is 14.1 Å². The Morgan fingerprint density at radius 2 is 1.81 bits per heavy atom. The first-order chi connectivity index (χ1) is 17.7. The fraction of sp³-hybridized carbons (Fsp3) is 0.357. The molecule has 0 saturated carbocycles. The van der Waals surface area contributed by atoms with Crippen LogP contribution in [-0.2, 0) is 22.4 Å². The van der Waals surface area contributed by atoms with Crippen molar-refractivity contribution in [1.82, 2.24) is 19.2 Å². The first-order valence-corrected chi connectivity index (χ1v) is 13.4. The minimum absolute atomic E-state index is 0.191. The standard InChI is InChI=1S/C28H31FN4O2S/c29-24-9-7-23(8-10-24)26-20-33-25(21-36-28(33)30-26)12-13-32(15-14-31-16-18-35-19-17-31)27(34)11-6-22-4-2-1-3-5-22/h1-5,7-10,20-21H,6,11-19H2. The Hall–Kier alpha value is -3.07. The van der Waals surface area contributed by atoms with Crippen LogP contribution in [0.1, 0.15) is 17.7 Å². The molecular formula is C28H31FN4O2S. The first-order valence-electron chi connectivity index (χ1n) is 12.5. The minimum atomic E-state index is -0.255. The van der Waals surface area contributed by atoms with Crippen LogP contribution in [-0.4, -0.2) is 71.0 Å². The zero-order chi connectivity index (χ0) is 24.7. The topological polar surface area (TPSA) is 50.1 Å². The maximum Gasteiger partial charge on any atom is 0.222 e. The lowest BCUT2D eigenvalue weighted by atomic mass is 10.1. The van der Waals surface area contributed by atoms with Crippen LogP contribution in [0.4, 0.5) is 4.39 Å². The van der Waals surface area contributed by atoms with Crippen LogP contribution in [0, 0.1) is 5.82 Å². The molecule has 2 aromatic carbocycles. The molecule has 0 aliphatic carbocycles. The van der Waals surface area contributed by atoms with E-state index in [9.17, 15) is 9.18 Å². The molecule has 8 heteroatoms. The molecule has 5 rings (SSSR count). The van der Waals surface area contributed by atoms with Gasteiger partial charge in [-0.1, -0.05) is 30.3 Å². The maximum atomic E-state index is 13.3. The van der Waals surface area contributed by atoms with Crippen LogP contribution in [0.15, 0.2) is 66.2 Å². The Kier molecular flexibility index (Phi) is 8.05. The van der Waals surface area contributed by atoms with Crippen molar-refractivity contribution in [2.45, 2.75) is 19.3 Å². The average molecular weight is 507 g/mol. The highest BCUT2D eigenvalue weighted by atomic mass is 32.1. The Balaban J connectivity index is 1.26. The zero-order valence-corrected chi connectivity index (χ0v) is 21.1. The number of imidazole rings is 1. The molecule has 2 aromatic heterocycles. The number of halogens is 1. The fourth-order valence-corrected chi connectivity index (χ4v) is 5.43. The second-order valence-electron chi connectivity index (χ2n) is 9.08. The molecule has 1 saturated heterocycles. The summed E-state index contributed by atoms with van der Waals surface area (Å²) in [7, 11) is 0. The summed E-state index contributed by atoms with van der Waals surface area (Å²) in [5, 5.41) is 2.12. The second kappa shape index (κ2) is 11.8. The predicted octanol–water partition coefficient (Wildman–Crippen LogP) is 4.54. The number of thiazole rings is 1. The van der Waals surface area contributed by atoms with E-state index in [1.54, 1.807) is 23.5 Å². The van der Waals surface area contributed by atoms with Gasteiger partial charge in [0.15, 0.2) is 4.96 Å². The van der Waals surface area contributed by atoms with E-state index < -0.39 is 0 Å². The van der Waals surface area contributed by atoms with Crippen molar-refractivity contribution in [3.63, 3.8) is 0 Å². The molecule has 0 radical (unpaired) electrons. The number of aromatic nitrogens is 2. The molecule has 0 N–H and O–H groups in total. The number of amides is 1. The van der Waals surface area contributed by atoms with Crippen molar-refractivity contribution in [2.75, 3.05) is 45.9 Å². The summed E-state index contributed by atoms with van der Waals surface area (Å²) in [6.07, 6.45) is 4.01. The van der Waals surface area contributed by atoms with Crippen LogP contribution in [0.2, 0.25) is 0 Å². The van der Waals surface area contributed by atoms with Gasteiger partial charge in [0.05, 0.1) is 18.9 Å². The van der Waals surface area contributed by atoms with Crippen LogP contribution >= 0.6 is 11.3 Å². The van der Waals surface area contributed by atoms with Crippen molar-refractivity contribution >= 4 is 22.2 Å². The van der Waals surface area contributed by atoms with E-state index in [0.29, 0.717) is 19.5 Å². The summed E-state index contributed by atoms with van der Waals surface area (Å²) in [5.41, 5.74) is 4.03. The quantitative estimate of drug-likeness (QED) is 0.317. The number of carbonyl (C=O) groups excluding carboxylic acids is 1. The number of hydrogen-bond acceptors (Lipinski definition) is 5. The summed E-state index contributed by atoms with van der Waals surface area (Å²) < 4.78 is 20.9. The Labute approximate surface area is 214 Å². The minimum Gasteiger partial charge on any atom is -0.379 e. The number of morpholine rings is 1. The largest absolute Gasteiger partial charge is 0.379 e. The van der Waals surface area contributed by atoms with E-state index in [1.165, 1.54) is 17.7 Å². The number of ether oxygens (including phenoxy) is 1. The maximum absolute atomic E-state index is 13.3. The average Bonchev–Trinajstić information content (AvgIpc) is 3.50. The Morgan fingerprint density at radius 1 is 1.03 bits per heavy atom. The number of carbonyl (C=O) groups is 1. The van der Waals surface area contributed by atoms with Gasteiger partial charge in [-0.2, -0.15) is 0 Å². The number of fused-ring (bicyclic) bond motifs is 1. The van der Waals surface area contributed by atoms with Gasteiger partial charge in [0, 0.05) is 68.4 Å². The Bertz CT molecular complexity index is 1270. The molecule has 188 valence electrons. The van der Waals surface area contributed by atoms with Gasteiger partial charge in [0.1, 0.15) is 5.82 Å². The van der Waals surface area contributed by atoms with E-state index in [4.69, 9.17) is 9.72 Å². The third-order valence-electron chi connectivity index (χ3n) is 6.67. The van der Waals surface area contributed by atoms with Crippen LogP contribution < -0.4 is 0 Å². The third kappa shape index (κ3) is 6.19. The van der Waals surface area contributed by atoms with Gasteiger partial charge in [-0.15, -0.1) is 11.3 Å². The van der Waals surface area contributed by atoms with Gasteiger partial charge in [0.25, 0.3) is 0 Å². The van der Waals surface area contributed by atoms with Gasteiger partial charge >= 0.3 is 0 Å². The molecule has 0 unspecified atom stereocenters. The first kappa shape index (κ1) is 24.6. The smallest absolute Gasteiger partial charge is 0.222 e. The van der Waals surface area contributed by atoms with E-state index in [2.05, 4.69) is 26.8 Å². The van der Waals surface area contributed by atoms with Gasteiger partial charge in [-0.05, 0) is 36.2 Å². The number of nitrogens with zero attached hydrogens (tertiary/aromatic N) is 4. The van der Waals surface area contributed by atoms with E-state index >= 15 is 0 Å². The number of benzene rings is 2. The lowest BCUT2D eigenvalue weighted by molar-refractivity contribution is -0.131. The molecule has 4 aromatic rings. The molecule has 0 bridgehead atoms. The molecule has 0 spiro atoms. The SMILES string of the molecule is O=C(CCc1ccccc1)N(CCc1csc2nc(-c3ccc(F)cc3)cn12)CCN1CCOCC1. The fourth-order valence-electron chi connectivity index (χ4n) is 4.52. The van der Waals surface area contributed by atoms with E-state index in [-0.39, 0.29) is 11.7 Å². The third-order valence-corrected chi connectivity index (χ3v) is 7.56. The molecule has 0 atom stereocenters. The molecule has 1 aliphatic rings. The van der Waals surface area contributed by atoms with Crippen LogP contribution in [0.25, 0.3) is 16.2 Å². The van der Waals surface area contributed by atoms with E-state index in [1.807, 2.05) is 29.3 Å².